The van der Waals surface area contributed by atoms with E-state index >= 15 is 0 Å². The molecular weight excluding hydrogens is 356 g/mol. The molecule has 0 N–H and O–H groups in total. The Bertz CT molecular complexity index is 702. The Hall–Kier alpha value is -1.89. The van der Waals surface area contributed by atoms with Crippen LogP contribution >= 0.6 is 0 Å². The molecule has 3 aliphatic heterocycles. The fraction of sp³-hybridized carbons (Fsp3) is 0.762. The van der Waals surface area contributed by atoms with Crippen LogP contribution in [0.5, 0.6) is 0 Å². The number of piperidine rings is 1. The maximum Gasteiger partial charge on any atom is 0.224 e. The Balaban J connectivity index is 1.26. The minimum absolute atomic E-state index is 0.0617. The molecule has 154 valence electrons. The Kier molecular flexibility index (Phi) is 5.71. The van der Waals surface area contributed by atoms with Crippen LogP contribution < -0.4 is 0 Å². The number of ether oxygens (including phenoxy) is 1. The van der Waals surface area contributed by atoms with E-state index in [1.165, 1.54) is 0 Å². The molecule has 4 heterocycles. The summed E-state index contributed by atoms with van der Waals surface area (Å²) in [5.41, 5.74) is 0.0617. The van der Waals surface area contributed by atoms with Crippen molar-refractivity contribution in [1.82, 2.24) is 19.4 Å². The van der Waals surface area contributed by atoms with Crippen LogP contribution in [0.4, 0.5) is 0 Å². The fourth-order valence-corrected chi connectivity index (χ4v) is 4.98. The molecule has 28 heavy (non-hydrogen) atoms. The predicted molar refractivity (Wildman–Crippen MR) is 105 cm³/mol. The number of carbonyl (C=O) groups is 2. The van der Waals surface area contributed by atoms with Gasteiger partial charge in [0.2, 0.25) is 11.8 Å². The van der Waals surface area contributed by atoms with Crippen molar-refractivity contribution in [2.45, 2.75) is 64.5 Å². The summed E-state index contributed by atoms with van der Waals surface area (Å²) in [7, 11) is 0. The van der Waals surface area contributed by atoms with Crippen LogP contribution in [0.25, 0.3) is 0 Å². The van der Waals surface area contributed by atoms with Gasteiger partial charge in [-0.3, -0.25) is 9.59 Å². The summed E-state index contributed by atoms with van der Waals surface area (Å²) in [5.74, 6) is 1.51. The van der Waals surface area contributed by atoms with Crippen molar-refractivity contribution >= 4 is 11.8 Å². The fourth-order valence-electron chi connectivity index (χ4n) is 4.98. The zero-order valence-electron chi connectivity index (χ0n) is 16.9. The molecule has 1 spiro atoms. The molecule has 1 unspecified atom stereocenters. The molecular formula is C21H32N4O3. The van der Waals surface area contributed by atoms with Crippen LogP contribution in [-0.2, 0) is 27.3 Å². The molecule has 0 saturated carbocycles. The van der Waals surface area contributed by atoms with Gasteiger partial charge in [0.15, 0.2) is 0 Å². The van der Waals surface area contributed by atoms with E-state index in [2.05, 4.69) is 16.5 Å². The standard InChI is InChI=1S/C21H32N4O3/c1-2-18-22-8-12-23(18)9-5-19(26)24-10-6-21(7-11-24)14-20(27)25(16-21)15-17-4-3-13-28-17/h8,12,17H,2-7,9-11,13-16H2,1H3. The van der Waals surface area contributed by atoms with Crippen LogP contribution in [-0.4, -0.2) is 70.1 Å². The van der Waals surface area contributed by atoms with Crippen LogP contribution in [0, 0.1) is 5.41 Å². The highest BCUT2D eigenvalue weighted by atomic mass is 16.5. The summed E-state index contributed by atoms with van der Waals surface area (Å²) in [6.45, 7) is 6.71. The summed E-state index contributed by atoms with van der Waals surface area (Å²) >= 11 is 0. The van der Waals surface area contributed by atoms with Gasteiger partial charge in [-0.05, 0) is 25.7 Å². The lowest BCUT2D eigenvalue weighted by atomic mass is 9.77. The Morgan fingerprint density at radius 3 is 2.89 bits per heavy atom. The zero-order valence-corrected chi connectivity index (χ0v) is 16.9. The third kappa shape index (κ3) is 4.09. The number of rotatable bonds is 6. The van der Waals surface area contributed by atoms with Crippen molar-refractivity contribution in [1.29, 1.82) is 0 Å². The van der Waals surface area contributed by atoms with Crippen LogP contribution in [0.3, 0.4) is 0 Å². The minimum atomic E-state index is 0.0617. The van der Waals surface area contributed by atoms with Crippen molar-refractivity contribution in [3.8, 4) is 0 Å². The number of aryl methyl sites for hydroxylation is 2. The van der Waals surface area contributed by atoms with Gasteiger partial charge in [0.1, 0.15) is 5.82 Å². The number of amides is 2. The third-order valence-electron chi connectivity index (χ3n) is 6.71. The van der Waals surface area contributed by atoms with E-state index in [1.54, 1.807) is 6.20 Å². The van der Waals surface area contributed by atoms with E-state index in [0.717, 1.165) is 70.7 Å². The van der Waals surface area contributed by atoms with Gasteiger partial charge >= 0.3 is 0 Å². The van der Waals surface area contributed by atoms with E-state index in [0.29, 0.717) is 19.4 Å². The summed E-state index contributed by atoms with van der Waals surface area (Å²) in [5, 5.41) is 0. The molecule has 0 bridgehead atoms. The topological polar surface area (TPSA) is 67.7 Å². The maximum absolute atomic E-state index is 12.7. The van der Waals surface area contributed by atoms with Gasteiger partial charge in [0, 0.05) is 76.4 Å². The maximum atomic E-state index is 12.7. The largest absolute Gasteiger partial charge is 0.376 e. The van der Waals surface area contributed by atoms with Gasteiger partial charge in [-0.1, -0.05) is 6.92 Å². The summed E-state index contributed by atoms with van der Waals surface area (Å²) in [6.07, 6.45) is 10.0. The highest BCUT2D eigenvalue weighted by Crippen LogP contribution is 2.41. The van der Waals surface area contributed by atoms with Crippen molar-refractivity contribution in [2.75, 3.05) is 32.8 Å². The van der Waals surface area contributed by atoms with Gasteiger partial charge < -0.3 is 19.1 Å². The first-order valence-corrected chi connectivity index (χ1v) is 10.8. The van der Waals surface area contributed by atoms with Crippen LogP contribution in [0.2, 0.25) is 0 Å². The number of carbonyl (C=O) groups excluding carboxylic acids is 2. The number of hydrogen-bond donors (Lipinski definition) is 0. The van der Waals surface area contributed by atoms with Crippen LogP contribution in [0.15, 0.2) is 12.4 Å². The number of aromatic nitrogens is 2. The lowest BCUT2D eigenvalue weighted by Gasteiger charge is -2.39. The lowest BCUT2D eigenvalue weighted by Crippen LogP contribution is -2.44. The number of nitrogens with zero attached hydrogens (tertiary/aromatic N) is 4. The highest BCUT2D eigenvalue weighted by molar-refractivity contribution is 5.80. The average molecular weight is 389 g/mol. The van der Waals surface area contributed by atoms with Gasteiger partial charge in [0.25, 0.3) is 0 Å². The van der Waals surface area contributed by atoms with Gasteiger partial charge in [0.05, 0.1) is 6.10 Å². The predicted octanol–water partition coefficient (Wildman–Crippen LogP) is 1.86. The Morgan fingerprint density at radius 2 is 2.18 bits per heavy atom. The second-order valence-electron chi connectivity index (χ2n) is 8.61. The first-order valence-electron chi connectivity index (χ1n) is 10.8. The highest BCUT2D eigenvalue weighted by Gasteiger charge is 2.45. The molecule has 3 fully saturated rings. The molecule has 3 aliphatic rings. The summed E-state index contributed by atoms with van der Waals surface area (Å²) < 4.78 is 7.78. The number of hydrogen-bond acceptors (Lipinski definition) is 4. The molecule has 0 aromatic carbocycles. The zero-order chi connectivity index (χ0) is 19.6. The molecule has 3 saturated heterocycles. The quantitative estimate of drug-likeness (QED) is 0.746. The molecule has 0 aliphatic carbocycles. The van der Waals surface area contributed by atoms with Crippen molar-refractivity contribution < 1.29 is 14.3 Å². The molecule has 1 atom stereocenters. The average Bonchev–Trinajstić information content (AvgIpc) is 3.42. The smallest absolute Gasteiger partial charge is 0.224 e. The molecule has 1 aromatic heterocycles. The molecule has 7 heteroatoms. The monoisotopic (exact) mass is 388 g/mol. The minimum Gasteiger partial charge on any atom is -0.376 e. The SMILES string of the molecule is CCc1nccn1CCC(=O)N1CCC2(CC1)CC(=O)N(CC1CCCO1)C2. The summed E-state index contributed by atoms with van der Waals surface area (Å²) in [6, 6.07) is 0. The first kappa shape index (κ1) is 19.4. The molecule has 2 amide bonds. The van der Waals surface area contributed by atoms with Crippen molar-refractivity contribution in [3.05, 3.63) is 18.2 Å². The summed E-state index contributed by atoms with van der Waals surface area (Å²) in [4.78, 5) is 33.5. The van der Waals surface area contributed by atoms with Gasteiger partial charge in [-0.15, -0.1) is 0 Å². The first-order chi connectivity index (χ1) is 13.6. The van der Waals surface area contributed by atoms with Crippen LogP contribution in [0.1, 0.15) is 51.3 Å². The molecule has 1 aromatic rings. The molecule has 0 radical (unpaired) electrons. The molecule has 4 rings (SSSR count). The number of likely N-dealkylation sites (tertiary alicyclic amines) is 2. The lowest BCUT2D eigenvalue weighted by molar-refractivity contribution is -0.133. The van der Waals surface area contributed by atoms with Crippen molar-refractivity contribution in [2.24, 2.45) is 5.41 Å². The van der Waals surface area contributed by atoms with E-state index in [9.17, 15) is 9.59 Å². The van der Waals surface area contributed by atoms with E-state index in [1.807, 2.05) is 16.0 Å². The van der Waals surface area contributed by atoms with Gasteiger partial charge in [-0.25, -0.2) is 4.98 Å². The second kappa shape index (κ2) is 8.23. The number of imidazole rings is 1. The Morgan fingerprint density at radius 1 is 1.36 bits per heavy atom. The van der Waals surface area contributed by atoms with Crippen molar-refractivity contribution in [3.63, 3.8) is 0 Å². The second-order valence-corrected chi connectivity index (χ2v) is 8.61. The molecule has 7 nitrogen and oxygen atoms in total. The Labute approximate surface area is 167 Å². The van der Waals surface area contributed by atoms with E-state index < -0.39 is 0 Å². The van der Waals surface area contributed by atoms with Gasteiger partial charge in [-0.2, -0.15) is 0 Å². The normalized spacial score (nSPS) is 24.5. The van der Waals surface area contributed by atoms with E-state index in [-0.39, 0.29) is 23.3 Å². The third-order valence-corrected chi connectivity index (χ3v) is 6.71. The van der Waals surface area contributed by atoms with E-state index in [4.69, 9.17) is 4.74 Å².